The number of H-pyrrole nitrogens is 1. The minimum atomic E-state index is -3.44. The van der Waals surface area contributed by atoms with E-state index >= 15 is 0 Å². The highest BCUT2D eigenvalue weighted by Crippen LogP contribution is 2.11. The van der Waals surface area contributed by atoms with E-state index in [0.29, 0.717) is 5.02 Å². The van der Waals surface area contributed by atoms with Crippen molar-refractivity contribution in [2.45, 2.75) is 6.54 Å². The van der Waals surface area contributed by atoms with E-state index in [-0.39, 0.29) is 6.54 Å². The van der Waals surface area contributed by atoms with Crippen molar-refractivity contribution in [3.63, 3.8) is 0 Å². The zero-order valence-corrected chi connectivity index (χ0v) is 11.6. The SMILES string of the molecule is O=S(=O)(/C=C/c1ccc(Cl)cc1)NCc1cc[nH]c1. The molecule has 4 nitrogen and oxygen atoms in total. The second kappa shape index (κ2) is 6.06. The molecular weight excluding hydrogens is 284 g/mol. The van der Waals surface area contributed by atoms with Gasteiger partial charge in [-0.2, -0.15) is 0 Å². The molecule has 1 heterocycles. The van der Waals surface area contributed by atoms with E-state index in [4.69, 9.17) is 11.6 Å². The van der Waals surface area contributed by atoms with Gasteiger partial charge in [0.2, 0.25) is 10.0 Å². The molecule has 100 valence electrons. The van der Waals surface area contributed by atoms with Crippen LogP contribution in [0.15, 0.2) is 48.1 Å². The van der Waals surface area contributed by atoms with Gasteiger partial charge < -0.3 is 4.98 Å². The second-order valence-corrected chi connectivity index (χ2v) is 6.03. The summed E-state index contributed by atoms with van der Waals surface area (Å²) >= 11 is 5.75. The Labute approximate surface area is 117 Å². The molecule has 0 amide bonds. The molecule has 0 saturated heterocycles. The van der Waals surface area contributed by atoms with Crippen molar-refractivity contribution in [2.75, 3.05) is 0 Å². The third kappa shape index (κ3) is 4.55. The molecule has 2 rings (SSSR count). The first-order chi connectivity index (χ1) is 9.05. The number of halogens is 1. The fraction of sp³-hybridized carbons (Fsp3) is 0.0769. The van der Waals surface area contributed by atoms with Crippen LogP contribution < -0.4 is 4.72 Å². The summed E-state index contributed by atoms with van der Waals surface area (Å²) in [5.74, 6) is 0. The Morgan fingerprint density at radius 2 is 1.95 bits per heavy atom. The highest BCUT2D eigenvalue weighted by molar-refractivity contribution is 7.92. The van der Waals surface area contributed by atoms with Gasteiger partial charge in [-0.25, -0.2) is 13.1 Å². The molecule has 0 aliphatic carbocycles. The third-order valence-electron chi connectivity index (χ3n) is 2.45. The largest absolute Gasteiger partial charge is 0.367 e. The Bertz CT molecular complexity index is 646. The standard InChI is InChI=1S/C13H13ClN2O2S/c14-13-3-1-11(2-4-13)6-8-19(17,18)16-10-12-5-7-15-9-12/h1-9,15-16H,10H2/b8-6+. The molecule has 0 fully saturated rings. The molecule has 0 radical (unpaired) electrons. The maximum atomic E-state index is 11.7. The molecular formula is C13H13ClN2O2S. The Kier molecular flexibility index (Phi) is 4.42. The lowest BCUT2D eigenvalue weighted by Crippen LogP contribution is -2.20. The average molecular weight is 297 g/mol. The van der Waals surface area contributed by atoms with E-state index < -0.39 is 10.0 Å². The van der Waals surface area contributed by atoms with Gasteiger partial charge in [-0.1, -0.05) is 23.7 Å². The first kappa shape index (κ1) is 13.9. The molecule has 6 heteroatoms. The fourth-order valence-electron chi connectivity index (χ4n) is 1.44. The molecule has 0 aliphatic rings. The minimum Gasteiger partial charge on any atom is -0.367 e. The Balaban J connectivity index is 1.98. The van der Waals surface area contributed by atoms with Crippen LogP contribution >= 0.6 is 11.6 Å². The average Bonchev–Trinajstić information content (AvgIpc) is 2.89. The molecule has 0 atom stereocenters. The number of hydrogen-bond acceptors (Lipinski definition) is 2. The summed E-state index contributed by atoms with van der Waals surface area (Å²) in [7, 11) is -3.44. The maximum Gasteiger partial charge on any atom is 0.234 e. The van der Waals surface area contributed by atoms with Crippen LogP contribution in [0.3, 0.4) is 0 Å². The smallest absolute Gasteiger partial charge is 0.234 e. The van der Waals surface area contributed by atoms with Gasteiger partial charge in [0.25, 0.3) is 0 Å². The van der Waals surface area contributed by atoms with E-state index in [2.05, 4.69) is 9.71 Å². The summed E-state index contributed by atoms with van der Waals surface area (Å²) in [6.07, 6.45) is 5.01. The number of benzene rings is 1. The summed E-state index contributed by atoms with van der Waals surface area (Å²) in [4.78, 5) is 2.86. The number of sulfonamides is 1. The normalized spacial score (nSPS) is 12.1. The summed E-state index contributed by atoms with van der Waals surface area (Å²) in [6, 6.07) is 8.73. The van der Waals surface area contributed by atoms with Crippen LogP contribution in [0.5, 0.6) is 0 Å². The lowest BCUT2D eigenvalue weighted by atomic mass is 10.2. The predicted molar refractivity (Wildman–Crippen MR) is 77.0 cm³/mol. The van der Waals surface area contributed by atoms with E-state index in [9.17, 15) is 8.42 Å². The van der Waals surface area contributed by atoms with Gasteiger partial charge in [-0.15, -0.1) is 0 Å². The maximum absolute atomic E-state index is 11.7. The van der Waals surface area contributed by atoms with E-state index in [1.54, 1.807) is 36.7 Å². The molecule has 1 aromatic carbocycles. The van der Waals surface area contributed by atoms with Gasteiger partial charge in [0.15, 0.2) is 0 Å². The summed E-state index contributed by atoms with van der Waals surface area (Å²) in [6.45, 7) is 0.261. The lowest BCUT2D eigenvalue weighted by molar-refractivity contribution is 0.591. The number of hydrogen-bond donors (Lipinski definition) is 2. The summed E-state index contributed by atoms with van der Waals surface area (Å²) in [5.41, 5.74) is 1.65. The van der Waals surface area contributed by atoms with Crippen LogP contribution in [0.2, 0.25) is 5.02 Å². The zero-order valence-electron chi connectivity index (χ0n) is 10.0. The van der Waals surface area contributed by atoms with Gasteiger partial charge in [-0.05, 0) is 35.4 Å². The van der Waals surface area contributed by atoms with Gasteiger partial charge in [0.05, 0.1) is 0 Å². The Hall–Kier alpha value is -1.56. The van der Waals surface area contributed by atoms with E-state index in [0.717, 1.165) is 16.5 Å². The number of rotatable bonds is 5. The van der Waals surface area contributed by atoms with Crippen molar-refractivity contribution in [3.8, 4) is 0 Å². The molecule has 19 heavy (non-hydrogen) atoms. The number of nitrogens with one attached hydrogen (secondary N) is 2. The summed E-state index contributed by atoms with van der Waals surface area (Å²) < 4.78 is 25.9. The third-order valence-corrected chi connectivity index (χ3v) is 3.74. The topological polar surface area (TPSA) is 62.0 Å². The summed E-state index contributed by atoms with van der Waals surface area (Å²) in [5, 5.41) is 1.76. The predicted octanol–water partition coefficient (Wildman–Crippen LogP) is 2.76. The molecule has 0 bridgehead atoms. The van der Waals surface area contributed by atoms with Crippen molar-refractivity contribution in [1.82, 2.24) is 9.71 Å². The van der Waals surface area contributed by atoms with Crippen LogP contribution in [0, 0.1) is 0 Å². The number of aromatic amines is 1. The van der Waals surface area contributed by atoms with Crippen molar-refractivity contribution in [1.29, 1.82) is 0 Å². The van der Waals surface area contributed by atoms with Gasteiger partial charge >= 0.3 is 0 Å². The van der Waals surface area contributed by atoms with Crippen LogP contribution in [-0.2, 0) is 16.6 Å². The quantitative estimate of drug-likeness (QED) is 0.891. The van der Waals surface area contributed by atoms with Crippen molar-refractivity contribution in [2.24, 2.45) is 0 Å². The lowest BCUT2D eigenvalue weighted by Gasteiger charge is -2.00. The van der Waals surface area contributed by atoms with Crippen LogP contribution in [0.25, 0.3) is 6.08 Å². The van der Waals surface area contributed by atoms with Crippen LogP contribution in [0.1, 0.15) is 11.1 Å². The van der Waals surface area contributed by atoms with Crippen molar-refractivity contribution in [3.05, 3.63) is 64.3 Å². The molecule has 0 saturated carbocycles. The minimum absolute atomic E-state index is 0.261. The van der Waals surface area contributed by atoms with E-state index in [1.165, 1.54) is 6.08 Å². The monoisotopic (exact) mass is 296 g/mol. The van der Waals surface area contributed by atoms with Gasteiger partial charge in [-0.3, -0.25) is 0 Å². The van der Waals surface area contributed by atoms with Gasteiger partial charge in [0, 0.05) is 29.4 Å². The second-order valence-electron chi connectivity index (χ2n) is 3.94. The Morgan fingerprint density at radius 3 is 2.58 bits per heavy atom. The zero-order chi connectivity index (χ0) is 13.7. The highest BCUT2D eigenvalue weighted by Gasteiger charge is 2.04. The Morgan fingerprint density at radius 1 is 1.21 bits per heavy atom. The van der Waals surface area contributed by atoms with Crippen LogP contribution in [-0.4, -0.2) is 13.4 Å². The molecule has 0 aliphatic heterocycles. The first-order valence-corrected chi connectivity index (χ1v) is 7.52. The first-order valence-electron chi connectivity index (χ1n) is 5.60. The van der Waals surface area contributed by atoms with Gasteiger partial charge in [0.1, 0.15) is 0 Å². The molecule has 2 aromatic rings. The van der Waals surface area contributed by atoms with Crippen molar-refractivity contribution < 1.29 is 8.42 Å². The molecule has 1 aromatic heterocycles. The number of aromatic nitrogens is 1. The molecule has 0 spiro atoms. The van der Waals surface area contributed by atoms with Crippen molar-refractivity contribution >= 4 is 27.7 Å². The van der Waals surface area contributed by atoms with E-state index in [1.807, 2.05) is 6.07 Å². The molecule has 0 unspecified atom stereocenters. The highest BCUT2D eigenvalue weighted by atomic mass is 35.5. The molecule has 2 N–H and O–H groups in total. The fourth-order valence-corrected chi connectivity index (χ4v) is 2.37. The van der Waals surface area contributed by atoms with Crippen LogP contribution in [0.4, 0.5) is 0 Å².